The first-order chi connectivity index (χ1) is 6.22. The SMILES string of the molecule is NCCCC[C@H](N)C(=O)OCCN. The molecule has 78 valence electrons. The van der Waals surface area contributed by atoms with E-state index in [2.05, 4.69) is 0 Å². The lowest BCUT2D eigenvalue weighted by molar-refractivity contribution is -0.145. The average molecular weight is 189 g/mol. The standard InChI is InChI=1S/C8H19N3O2/c9-4-2-1-3-7(11)8(12)13-6-5-10/h7H,1-6,9-11H2/t7-/m0/s1. The molecule has 0 aromatic carbocycles. The molecule has 0 bridgehead atoms. The number of unbranched alkanes of at least 4 members (excludes halogenated alkanes) is 1. The Bertz CT molecular complexity index is 141. The molecule has 6 N–H and O–H groups in total. The van der Waals surface area contributed by atoms with E-state index >= 15 is 0 Å². The van der Waals surface area contributed by atoms with Gasteiger partial charge in [-0.25, -0.2) is 0 Å². The van der Waals surface area contributed by atoms with Crippen molar-refractivity contribution in [3.8, 4) is 0 Å². The van der Waals surface area contributed by atoms with Gasteiger partial charge in [0.2, 0.25) is 0 Å². The van der Waals surface area contributed by atoms with Crippen LogP contribution in [0.3, 0.4) is 0 Å². The lowest BCUT2D eigenvalue weighted by Gasteiger charge is -2.10. The monoisotopic (exact) mass is 189 g/mol. The van der Waals surface area contributed by atoms with Gasteiger partial charge in [0.15, 0.2) is 0 Å². The van der Waals surface area contributed by atoms with Gasteiger partial charge >= 0.3 is 5.97 Å². The Kier molecular flexibility index (Phi) is 7.57. The second-order valence-electron chi connectivity index (χ2n) is 2.85. The minimum atomic E-state index is -0.530. The number of hydrogen-bond acceptors (Lipinski definition) is 5. The van der Waals surface area contributed by atoms with E-state index in [1.54, 1.807) is 0 Å². The summed E-state index contributed by atoms with van der Waals surface area (Å²) in [7, 11) is 0. The molecule has 0 aliphatic rings. The van der Waals surface area contributed by atoms with Crippen LogP contribution in [-0.4, -0.2) is 31.7 Å². The van der Waals surface area contributed by atoms with E-state index in [0.717, 1.165) is 12.8 Å². The van der Waals surface area contributed by atoms with Crippen molar-refractivity contribution in [3.63, 3.8) is 0 Å². The summed E-state index contributed by atoms with van der Waals surface area (Å²) in [4.78, 5) is 11.1. The number of carbonyl (C=O) groups excluding carboxylic acids is 1. The van der Waals surface area contributed by atoms with Crippen molar-refractivity contribution in [2.45, 2.75) is 25.3 Å². The summed E-state index contributed by atoms with van der Waals surface area (Å²) in [6.45, 7) is 1.20. The highest BCUT2D eigenvalue weighted by Gasteiger charge is 2.13. The van der Waals surface area contributed by atoms with E-state index in [1.807, 2.05) is 0 Å². The van der Waals surface area contributed by atoms with Crippen LogP contribution in [0.5, 0.6) is 0 Å². The lowest BCUT2D eigenvalue weighted by atomic mass is 10.1. The molecule has 0 aromatic rings. The Hall–Kier alpha value is -0.650. The van der Waals surface area contributed by atoms with E-state index in [1.165, 1.54) is 0 Å². The Morgan fingerprint density at radius 3 is 2.46 bits per heavy atom. The van der Waals surface area contributed by atoms with E-state index in [-0.39, 0.29) is 12.6 Å². The van der Waals surface area contributed by atoms with E-state index < -0.39 is 6.04 Å². The summed E-state index contributed by atoms with van der Waals surface area (Å²) < 4.78 is 4.76. The molecule has 0 saturated heterocycles. The third-order valence-corrected chi connectivity index (χ3v) is 1.63. The Labute approximate surface area is 78.6 Å². The molecular weight excluding hydrogens is 170 g/mol. The Balaban J connectivity index is 3.45. The summed E-state index contributed by atoms with van der Waals surface area (Å²) in [6, 6.07) is -0.530. The maximum atomic E-state index is 11.1. The zero-order valence-corrected chi connectivity index (χ0v) is 7.87. The molecule has 0 heterocycles. The van der Waals surface area contributed by atoms with Crippen molar-refractivity contribution < 1.29 is 9.53 Å². The third kappa shape index (κ3) is 6.51. The van der Waals surface area contributed by atoms with Crippen LogP contribution in [0, 0.1) is 0 Å². The maximum absolute atomic E-state index is 11.1. The average Bonchev–Trinajstić information content (AvgIpc) is 2.14. The van der Waals surface area contributed by atoms with Gasteiger partial charge in [-0.15, -0.1) is 0 Å². The van der Waals surface area contributed by atoms with Crippen LogP contribution >= 0.6 is 0 Å². The van der Waals surface area contributed by atoms with Crippen molar-refractivity contribution in [1.82, 2.24) is 0 Å². The molecule has 0 aliphatic heterocycles. The topological polar surface area (TPSA) is 104 Å². The zero-order chi connectivity index (χ0) is 10.1. The fourth-order valence-electron chi connectivity index (χ4n) is 0.893. The predicted molar refractivity (Wildman–Crippen MR) is 50.9 cm³/mol. The molecule has 0 aromatic heterocycles. The summed E-state index contributed by atoms with van der Waals surface area (Å²) in [5, 5.41) is 0. The van der Waals surface area contributed by atoms with Crippen molar-refractivity contribution in [2.24, 2.45) is 17.2 Å². The molecule has 5 heteroatoms. The highest BCUT2D eigenvalue weighted by atomic mass is 16.5. The largest absolute Gasteiger partial charge is 0.463 e. The summed E-state index contributed by atoms with van der Waals surface area (Å²) >= 11 is 0. The highest BCUT2D eigenvalue weighted by molar-refractivity contribution is 5.75. The summed E-state index contributed by atoms with van der Waals surface area (Å²) in [6.07, 6.45) is 2.37. The van der Waals surface area contributed by atoms with Crippen molar-refractivity contribution >= 4 is 5.97 Å². The minimum absolute atomic E-state index is 0.240. The Morgan fingerprint density at radius 2 is 1.92 bits per heavy atom. The van der Waals surface area contributed by atoms with Gasteiger partial charge in [-0.2, -0.15) is 0 Å². The molecule has 13 heavy (non-hydrogen) atoms. The fraction of sp³-hybridized carbons (Fsp3) is 0.875. The van der Waals surface area contributed by atoms with Crippen molar-refractivity contribution in [2.75, 3.05) is 19.7 Å². The van der Waals surface area contributed by atoms with Crippen LogP contribution in [0.1, 0.15) is 19.3 Å². The molecule has 0 rings (SSSR count). The third-order valence-electron chi connectivity index (χ3n) is 1.63. The van der Waals surface area contributed by atoms with Crippen LogP contribution in [0.25, 0.3) is 0 Å². The number of nitrogens with two attached hydrogens (primary N) is 3. The van der Waals surface area contributed by atoms with Gasteiger partial charge in [0, 0.05) is 6.54 Å². The lowest BCUT2D eigenvalue weighted by Crippen LogP contribution is -2.33. The summed E-state index contributed by atoms with van der Waals surface area (Å²) in [5.74, 6) is -0.373. The molecule has 0 fully saturated rings. The van der Waals surface area contributed by atoms with Gasteiger partial charge in [0.25, 0.3) is 0 Å². The first-order valence-electron chi connectivity index (χ1n) is 4.54. The molecule has 5 nitrogen and oxygen atoms in total. The second kappa shape index (κ2) is 7.97. The van der Waals surface area contributed by atoms with E-state index in [0.29, 0.717) is 19.5 Å². The Morgan fingerprint density at radius 1 is 1.23 bits per heavy atom. The zero-order valence-electron chi connectivity index (χ0n) is 7.87. The number of ether oxygens (including phenoxy) is 1. The van der Waals surface area contributed by atoms with Crippen LogP contribution in [-0.2, 0) is 9.53 Å². The van der Waals surface area contributed by atoms with Gasteiger partial charge in [0.1, 0.15) is 12.6 Å². The van der Waals surface area contributed by atoms with Crippen LogP contribution < -0.4 is 17.2 Å². The molecule has 0 saturated carbocycles. The number of hydrogen-bond donors (Lipinski definition) is 3. The molecule has 0 radical (unpaired) electrons. The molecule has 0 unspecified atom stereocenters. The number of esters is 1. The van der Waals surface area contributed by atoms with Gasteiger partial charge in [-0.05, 0) is 19.4 Å². The van der Waals surface area contributed by atoms with Gasteiger partial charge in [0.05, 0.1) is 0 Å². The quantitative estimate of drug-likeness (QED) is 0.350. The first kappa shape index (κ1) is 12.3. The first-order valence-corrected chi connectivity index (χ1v) is 4.54. The summed E-state index contributed by atoms with van der Waals surface area (Å²) in [5.41, 5.74) is 16.0. The normalized spacial score (nSPS) is 12.5. The second-order valence-corrected chi connectivity index (χ2v) is 2.85. The molecular formula is C8H19N3O2. The highest BCUT2D eigenvalue weighted by Crippen LogP contribution is 1.99. The van der Waals surface area contributed by atoms with Crippen LogP contribution in [0.15, 0.2) is 0 Å². The van der Waals surface area contributed by atoms with Gasteiger partial charge < -0.3 is 21.9 Å². The molecule has 1 atom stereocenters. The molecule has 0 amide bonds. The van der Waals surface area contributed by atoms with Crippen molar-refractivity contribution in [1.29, 1.82) is 0 Å². The van der Waals surface area contributed by atoms with Crippen LogP contribution in [0.2, 0.25) is 0 Å². The van der Waals surface area contributed by atoms with Crippen LogP contribution in [0.4, 0.5) is 0 Å². The number of carbonyl (C=O) groups is 1. The van der Waals surface area contributed by atoms with Gasteiger partial charge in [-0.3, -0.25) is 4.79 Å². The van der Waals surface area contributed by atoms with Gasteiger partial charge in [-0.1, -0.05) is 6.42 Å². The smallest absolute Gasteiger partial charge is 0.322 e. The minimum Gasteiger partial charge on any atom is -0.463 e. The van der Waals surface area contributed by atoms with E-state index in [9.17, 15) is 4.79 Å². The number of rotatable bonds is 7. The fourth-order valence-corrected chi connectivity index (χ4v) is 0.893. The van der Waals surface area contributed by atoms with Crippen molar-refractivity contribution in [3.05, 3.63) is 0 Å². The van der Waals surface area contributed by atoms with E-state index in [4.69, 9.17) is 21.9 Å². The predicted octanol–water partition coefficient (Wildman–Crippen LogP) is -1.06. The molecule has 0 spiro atoms. The maximum Gasteiger partial charge on any atom is 0.322 e. The molecule has 0 aliphatic carbocycles.